The van der Waals surface area contributed by atoms with E-state index in [1.165, 1.54) is 4.31 Å². The van der Waals surface area contributed by atoms with E-state index in [-0.39, 0.29) is 17.3 Å². The summed E-state index contributed by atoms with van der Waals surface area (Å²) in [5.74, 6) is -0.268. The van der Waals surface area contributed by atoms with Crippen LogP contribution in [0.15, 0.2) is 59.5 Å². The van der Waals surface area contributed by atoms with Crippen molar-refractivity contribution in [3.63, 3.8) is 0 Å². The minimum Gasteiger partial charge on any atom is -0.354 e. The van der Waals surface area contributed by atoms with Crippen molar-refractivity contribution in [2.45, 2.75) is 4.90 Å². The van der Waals surface area contributed by atoms with Crippen molar-refractivity contribution in [3.8, 4) is 11.1 Å². The van der Waals surface area contributed by atoms with Crippen LogP contribution in [0, 0.1) is 0 Å². The van der Waals surface area contributed by atoms with Crippen LogP contribution in [0.3, 0.4) is 0 Å². The molecule has 114 valence electrons. The molecule has 0 saturated carbocycles. The fourth-order valence-corrected chi connectivity index (χ4v) is 3.82. The number of hydrogen-bond acceptors (Lipinski definition) is 3. The molecule has 0 aromatic heterocycles. The van der Waals surface area contributed by atoms with Gasteiger partial charge in [-0.05, 0) is 23.3 Å². The van der Waals surface area contributed by atoms with Crippen molar-refractivity contribution < 1.29 is 13.2 Å². The lowest BCUT2D eigenvalue weighted by molar-refractivity contribution is -0.122. The number of carbonyl (C=O) groups is 1. The molecule has 1 aliphatic heterocycles. The van der Waals surface area contributed by atoms with E-state index in [2.05, 4.69) is 5.32 Å². The Morgan fingerprint density at radius 3 is 2.18 bits per heavy atom. The number of hydrogen-bond donors (Lipinski definition) is 1. The summed E-state index contributed by atoms with van der Waals surface area (Å²) in [4.78, 5) is 11.6. The second-order valence-electron chi connectivity index (χ2n) is 5.08. The Morgan fingerprint density at radius 2 is 1.55 bits per heavy atom. The first kappa shape index (κ1) is 14.7. The molecule has 22 heavy (non-hydrogen) atoms. The molecule has 0 unspecified atom stereocenters. The Hall–Kier alpha value is -2.18. The smallest absolute Gasteiger partial charge is 0.243 e. The van der Waals surface area contributed by atoms with Crippen molar-refractivity contribution in [2.24, 2.45) is 0 Å². The highest BCUT2D eigenvalue weighted by molar-refractivity contribution is 7.89. The molecular formula is C16H16N2O3S. The quantitative estimate of drug-likeness (QED) is 0.932. The van der Waals surface area contributed by atoms with Crippen LogP contribution >= 0.6 is 0 Å². The summed E-state index contributed by atoms with van der Waals surface area (Å²) in [5.41, 5.74) is 1.99. The minimum absolute atomic E-state index is 0.122. The Labute approximate surface area is 129 Å². The molecule has 5 nitrogen and oxygen atoms in total. The molecule has 1 heterocycles. The number of nitrogens with zero attached hydrogens (tertiary/aromatic N) is 1. The van der Waals surface area contributed by atoms with Crippen molar-refractivity contribution in [1.82, 2.24) is 9.62 Å². The summed E-state index contributed by atoms with van der Waals surface area (Å²) in [7, 11) is -3.62. The van der Waals surface area contributed by atoms with Gasteiger partial charge in [0, 0.05) is 13.1 Å². The average Bonchev–Trinajstić information content (AvgIpc) is 2.56. The number of piperazine rings is 1. The highest BCUT2D eigenvalue weighted by Crippen LogP contribution is 2.23. The summed E-state index contributed by atoms with van der Waals surface area (Å²) in [5, 5.41) is 2.62. The number of nitrogens with one attached hydrogen (secondary N) is 1. The summed E-state index contributed by atoms with van der Waals surface area (Å²) >= 11 is 0. The van der Waals surface area contributed by atoms with Gasteiger partial charge >= 0.3 is 0 Å². The molecule has 1 saturated heterocycles. The molecule has 2 aromatic rings. The Balaban J connectivity index is 1.87. The van der Waals surface area contributed by atoms with E-state index < -0.39 is 10.0 Å². The predicted molar refractivity (Wildman–Crippen MR) is 83.6 cm³/mol. The second kappa shape index (κ2) is 5.90. The first-order chi connectivity index (χ1) is 10.6. The zero-order chi connectivity index (χ0) is 15.6. The molecule has 1 aliphatic rings. The number of carbonyl (C=O) groups excluding carboxylic acids is 1. The largest absolute Gasteiger partial charge is 0.354 e. The number of benzene rings is 2. The standard InChI is InChI=1S/C16H16N2O3S/c19-16-12-18(11-10-17-16)22(20,21)15-8-6-14(7-9-15)13-4-2-1-3-5-13/h1-9H,10-12H2,(H,17,19). The van der Waals surface area contributed by atoms with Crippen LogP contribution in [0.4, 0.5) is 0 Å². The third-order valence-electron chi connectivity index (χ3n) is 3.60. The van der Waals surface area contributed by atoms with E-state index in [4.69, 9.17) is 0 Å². The minimum atomic E-state index is -3.62. The fourth-order valence-electron chi connectivity index (χ4n) is 2.42. The van der Waals surface area contributed by atoms with Crippen molar-refractivity contribution in [3.05, 3.63) is 54.6 Å². The molecule has 0 bridgehead atoms. The Bertz CT molecular complexity index is 771. The van der Waals surface area contributed by atoms with E-state index in [1.807, 2.05) is 30.3 Å². The average molecular weight is 316 g/mol. The maximum Gasteiger partial charge on any atom is 0.243 e. The topological polar surface area (TPSA) is 66.5 Å². The van der Waals surface area contributed by atoms with Crippen LogP contribution in [0.5, 0.6) is 0 Å². The molecule has 3 rings (SSSR count). The third-order valence-corrected chi connectivity index (χ3v) is 5.46. The first-order valence-corrected chi connectivity index (χ1v) is 8.44. The lowest BCUT2D eigenvalue weighted by Crippen LogP contribution is -2.49. The number of rotatable bonds is 3. The van der Waals surface area contributed by atoms with Gasteiger partial charge in [-0.25, -0.2) is 8.42 Å². The number of amides is 1. The number of sulfonamides is 1. The summed E-state index contributed by atoms with van der Waals surface area (Å²) < 4.78 is 26.3. The highest BCUT2D eigenvalue weighted by Gasteiger charge is 2.28. The van der Waals surface area contributed by atoms with E-state index in [0.29, 0.717) is 13.1 Å². The van der Waals surface area contributed by atoms with Crippen LogP contribution in [0.25, 0.3) is 11.1 Å². The van der Waals surface area contributed by atoms with Gasteiger partial charge in [-0.1, -0.05) is 42.5 Å². The monoisotopic (exact) mass is 316 g/mol. The van der Waals surface area contributed by atoms with E-state index in [0.717, 1.165) is 11.1 Å². The molecule has 0 aliphatic carbocycles. The van der Waals surface area contributed by atoms with Crippen molar-refractivity contribution in [2.75, 3.05) is 19.6 Å². The van der Waals surface area contributed by atoms with Crippen LogP contribution in [-0.4, -0.2) is 38.3 Å². The van der Waals surface area contributed by atoms with Crippen LogP contribution in [-0.2, 0) is 14.8 Å². The molecule has 1 fully saturated rings. The van der Waals surface area contributed by atoms with Gasteiger partial charge in [0.15, 0.2) is 0 Å². The Kier molecular flexibility index (Phi) is 3.96. The lowest BCUT2D eigenvalue weighted by Gasteiger charge is -2.25. The van der Waals surface area contributed by atoms with Gasteiger partial charge in [0.1, 0.15) is 0 Å². The molecule has 0 spiro atoms. The molecular weight excluding hydrogens is 300 g/mol. The highest BCUT2D eigenvalue weighted by atomic mass is 32.2. The van der Waals surface area contributed by atoms with Crippen molar-refractivity contribution in [1.29, 1.82) is 0 Å². The molecule has 2 aromatic carbocycles. The summed E-state index contributed by atoms with van der Waals surface area (Å²) in [6.45, 7) is 0.525. The fraction of sp³-hybridized carbons (Fsp3) is 0.188. The van der Waals surface area contributed by atoms with E-state index in [1.54, 1.807) is 24.3 Å². The van der Waals surface area contributed by atoms with Gasteiger partial charge in [0.05, 0.1) is 11.4 Å². The zero-order valence-corrected chi connectivity index (χ0v) is 12.7. The predicted octanol–water partition coefficient (Wildman–Crippen LogP) is 1.47. The van der Waals surface area contributed by atoms with Gasteiger partial charge in [0.25, 0.3) is 0 Å². The third kappa shape index (κ3) is 2.88. The van der Waals surface area contributed by atoms with Crippen molar-refractivity contribution >= 4 is 15.9 Å². The van der Waals surface area contributed by atoms with Gasteiger partial charge in [-0.15, -0.1) is 0 Å². The molecule has 0 atom stereocenters. The summed E-state index contributed by atoms with van der Waals surface area (Å²) in [6, 6.07) is 16.5. The van der Waals surface area contributed by atoms with Crippen LogP contribution in [0.2, 0.25) is 0 Å². The summed E-state index contributed by atoms with van der Waals surface area (Å²) in [6.07, 6.45) is 0. The SMILES string of the molecule is O=C1CN(S(=O)(=O)c2ccc(-c3ccccc3)cc2)CCN1. The molecule has 1 N–H and O–H groups in total. The van der Waals surface area contributed by atoms with Gasteiger partial charge in [-0.2, -0.15) is 4.31 Å². The maximum atomic E-state index is 12.5. The zero-order valence-electron chi connectivity index (χ0n) is 11.9. The normalized spacial score (nSPS) is 16.3. The molecule has 6 heteroatoms. The van der Waals surface area contributed by atoms with E-state index >= 15 is 0 Å². The lowest BCUT2D eigenvalue weighted by atomic mass is 10.1. The van der Waals surface area contributed by atoms with Crippen LogP contribution < -0.4 is 5.32 Å². The van der Waals surface area contributed by atoms with Gasteiger partial charge in [-0.3, -0.25) is 4.79 Å². The molecule has 0 radical (unpaired) electrons. The maximum absolute atomic E-state index is 12.5. The second-order valence-corrected chi connectivity index (χ2v) is 7.02. The Morgan fingerprint density at radius 1 is 0.909 bits per heavy atom. The van der Waals surface area contributed by atoms with Gasteiger partial charge in [0.2, 0.25) is 15.9 Å². The van der Waals surface area contributed by atoms with E-state index in [9.17, 15) is 13.2 Å². The first-order valence-electron chi connectivity index (χ1n) is 7.00. The van der Waals surface area contributed by atoms with Crippen LogP contribution in [0.1, 0.15) is 0 Å². The van der Waals surface area contributed by atoms with Gasteiger partial charge < -0.3 is 5.32 Å². The molecule has 1 amide bonds.